The fourth-order valence-electron chi connectivity index (χ4n) is 3.16. The van der Waals surface area contributed by atoms with Crippen molar-refractivity contribution in [2.45, 2.75) is 11.8 Å². The van der Waals surface area contributed by atoms with Crippen molar-refractivity contribution in [1.82, 2.24) is 14.5 Å². The Balaban J connectivity index is 1.69. The summed E-state index contributed by atoms with van der Waals surface area (Å²) in [7, 11) is -1.61. The van der Waals surface area contributed by atoms with Crippen molar-refractivity contribution in [1.29, 1.82) is 0 Å². The molecule has 2 N–H and O–H groups in total. The second kappa shape index (κ2) is 7.84. The van der Waals surface area contributed by atoms with E-state index in [-0.39, 0.29) is 10.5 Å². The number of nitrogens with zero attached hydrogens (tertiary/aromatic N) is 3. The Bertz CT molecular complexity index is 1440. The molecule has 1 aromatic carbocycles. The largest absolute Gasteiger partial charge is 0.342 e. The number of hydrogen-bond donors (Lipinski definition) is 2. The summed E-state index contributed by atoms with van der Waals surface area (Å²) in [5, 5.41) is 7.53. The van der Waals surface area contributed by atoms with Gasteiger partial charge in [0, 0.05) is 31.4 Å². The molecular weight excluding hydrogens is 414 g/mol. The van der Waals surface area contributed by atoms with Gasteiger partial charge < -0.3 is 10.6 Å². The van der Waals surface area contributed by atoms with Crippen molar-refractivity contribution in [3.63, 3.8) is 0 Å². The molecule has 0 aliphatic heterocycles. The van der Waals surface area contributed by atoms with Gasteiger partial charge in [0.1, 0.15) is 17.5 Å². The van der Waals surface area contributed by atoms with Crippen molar-refractivity contribution in [3.05, 3.63) is 76.8 Å². The third-order valence-electron chi connectivity index (χ3n) is 4.85. The van der Waals surface area contributed by atoms with E-state index in [2.05, 4.69) is 20.6 Å². The first-order chi connectivity index (χ1) is 14.7. The minimum Gasteiger partial charge on any atom is -0.342 e. The van der Waals surface area contributed by atoms with Gasteiger partial charge in [-0.05, 0) is 66.4 Å². The van der Waals surface area contributed by atoms with Crippen LogP contribution in [0.2, 0.25) is 0 Å². The number of fused-ring (bicyclic) bond motifs is 1. The lowest BCUT2D eigenvalue weighted by Gasteiger charge is -2.13. The third-order valence-corrected chi connectivity index (χ3v) is 5.98. The molecule has 31 heavy (non-hydrogen) atoms. The maximum Gasteiger partial charge on any atom is 0.261 e. The van der Waals surface area contributed by atoms with Crippen molar-refractivity contribution >= 4 is 43.8 Å². The summed E-state index contributed by atoms with van der Waals surface area (Å²) in [5.41, 5.74) is 1.54. The van der Waals surface area contributed by atoms with Gasteiger partial charge in [-0.1, -0.05) is 0 Å². The van der Waals surface area contributed by atoms with Gasteiger partial charge in [-0.15, -0.1) is 0 Å². The minimum absolute atomic E-state index is 0.194. The van der Waals surface area contributed by atoms with Crippen LogP contribution in [0.15, 0.2) is 70.6 Å². The lowest BCUT2D eigenvalue weighted by Crippen LogP contribution is -2.19. The maximum absolute atomic E-state index is 12.8. The van der Waals surface area contributed by atoms with Crippen LogP contribution in [-0.4, -0.2) is 29.2 Å². The number of hydrogen-bond acceptors (Lipinski definition) is 7. The number of pyridine rings is 3. The predicted octanol–water partition coefficient (Wildman–Crippen LogP) is 3.53. The second-order valence-corrected chi connectivity index (χ2v) is 9.33. The Kier molecular flexibility index (Phi) is 5.20. The minimum atomic E-state index is -3.27. The average Bonchev–Trinajstić information content (AvgIpc) is 2.71. The van der Waals surface area contributed by atoms with Gasteiger partial charge in [0.2, 0.25) is 0 Å². The molecule has 0 unspecified atom stereocenters. The van der Waals surface area contributed by atoms with E-state index in [0.717, 1.165) is 11.8 Å². The number of benzene rings is 1. The van der Waals surface area contributed by atoms with E-state index in [1.165, 1.54) is 16.7 Å². The standard InChI is InChI=1S/C22H21N5O3S/c1-14-8-9-23-19(10-14)26-20-11-15-12-21(27(2)22(28)18(15)13-24-20)25-16-4-6-17(7-5-16)31(3,29)30/h4-13,25H,1-3H3,(H,23,24,26). The van der Waals surface area contributed by atoms with Gasteiger partial charge in [0.15, 0.2) is 9.84 Å². The van der Waals surface area contributed by atoms with Crippen molar-refractivity contribution in [3.8, 4) is 0 Å². The summed E-state index contributed by atoms with van der Waals surface area (Å²) in [6.45, 7) is 1.98. The summed E-state index contributed by atoms with van der Waals surface area (Å²) in [5.74, 6) is 1.80. The molecule has 0 radical (unpaired) electrons. The summed E-state index contributed by atoms with van der Waals surface area (Å²) in [6, 6.07) is 13.8. The molecule has 0 fully saturated rings. The number of nitrogens with one attached hydrogen (secondary N) is 2. The highest BCUT2D eigenvalue weighted by atomic mass is 32.2. The summed E-state index contributed by atoms with van der Waals surface area (Å²) >= 11 is 0. The van der Waals surface area contributed by atoms with Crippen molar-refractivity contribution in [2.75, 3.05) is 16.9 Å². The molecule has 4 rings (SSSR count). The Labute approximate surface area is 179 Å². The van der Waals surface area contributed by atoms with Crippen LogP contribution < -0.4 is 16.2 Å². The zero-order valence-electron chi connectivity index (χ0n) is 17.2. The number of sulfone groups is 1. The third kappa shape index (κ3) is 4.41. The van der Waals surface area contributed by atoms with E-state index in [4.69, 9.17) is 0 Å². The van der Waals surface area contributed by atoms with E-state index >= 15 is 0 Å². The quantitative estimate of drug-likeness (QED) is 0.494. The smallest absolute Gasteiger partial charge is 0.261 e. The fourth-order valence-corrected chi connectivity index (χ4v) is 3.79. The highest BCUT2D eigenvalue weighted by molar-refractivity contribution is 7.90. The molecule has 4 aromatic rings. The van der Waals surface area contributed by atoms with Gasteiger partial charge in [-0.25, -0.2) is 18.4 Å². The van der Waals surface area contributed by atoms with E-state index < -0.39 is 9.84 Å². The predicted molar refractivity (Wildman–Crippen MR) is 122 cm³/mol. The summed E-state index contributed by atoms with van der Waals surface area (Å²) in [6.07, 6.45) is 4.42. The maximum atomic E-state index is 12.8. The zero-order chi connectivity index (χ0) is 22.2. The normalized spacial score (nSPS) is 11.5. The zero-order valence-corrected chi connectivity index (χ0v) is 18.1. The van der Waals surface area contributed by atoms with Gasteiger partial charge in [0.25, 0.3) is 5.56 Å². The first-order valence-corrected chi connectivity index (χ1v) is 11.4. The van der Waals surface area contributed by atoms with Crippen LogP contribution >= 0.6 is 0 Å². The Morgan fingerprint density at radius 1 is 0.935 bits per heavy atom. The van der Waals surface area contributed by atoms with Gasteiger partial charge in [-0.2, -0.15) is 0 Å². The SMILES string of the molecule is Cc1ccnc(Nc2cc3cc(Nc4ccc(S(C)(=O)=O)cc4)n(C)c(=O)c3cn2)c1. The van der Waals surface area contributed by atoms with Crippen LogP contribution in [0.3, 0.4) is 0 Å². The highest BCUT2D eigenvalue weighted by Gasteiger charge is 2.10. The summed E-state index contributed by atoms with van der Waals surface area (Å²) < 4.78 is 24.8. The Morgan fingerprint density at radius 2 is 1.65 bits per heavy atom. The van der Waals surface area contributed by atoms with Crippen LogP contribution in [0, 0.1) is 6.92 Å². The van der Waals surface area contributed by atoms with Gasteiger partial charge in [0.05, 0.1) is 10.3 Å². The highest BCUT2D eigenvalue weighted by Crippen LogP contribution is 2.23. The molecule has 3 heterocycles. The first-order valence-electron chi connectivity index (χ1n) is 9.47. The lowest BCUT2D eigenvalue weighted by atomic mass is 10.2. The summed E-state index contributed by atoms with van der Waals surface area (Å²) in [4.78, 5) is 21.7. The topological polar surface area (TPSA) is 106 Å². The molecule has 3 aromatic heterocycles. The molecule has 0 atom stereocenters. The molecule has 0 amide bonds. The number of anilines is 4. The van der Waals surface area contributed by atoms with E-state index in [1.54, 1.807) is 37.6 Å². The van der Waals surface area contributed by atoms with Crippen molar-refractivity contribution in [2.24, 2.45) is 7.05 Å². The lowest BCUT2D eigenvalue weighted by molar-refractivity contribution is 0.602. The molecule has 0 saturated heterocycles. The van der Waals surface area contributed by atoms with Gasteiger partial charge >= 0.3 is 0 Å². The molecule has 8 nitrogen and oxygen atoms in total. The molecule has 0 saturated carbocycles. The van der Waals surface area contributed by atoms with Crippen LogP contribution in [0.25, 0.3) is 10.8 Å². The molecule has 0 spiro atoms. The molecule has 9 heteroatoms. The molecule has 0 aliphatic carbocycles. The first kappa shape index (κ1) is 20.5. The van der Waals surface area contributed by atoms with Crippen LogP contribution in [0.1, 0.15) is 5.56 Å². The monoisotopic (exact) mass is 435 g/mol. The molecule has 158 valence electrons. The second-order valence-electron chi connectivity index (χ2n) is 7.32. The number of aromatic nitrogens is 3. The van der Waals surface area contributed by atoms with E-state index in [9.17, 15) is 13.2 Å². The van der Waals surface area contributed by atoms with Crippen molar-refractivity contribution < 1.29 is 8.42 Å². The molecule has 0 aliphatic rings. The van der Waals surface area contributed by atoms with Crippen LogP contribution in [0.4, 0.5) is 23.1 Å². The van der Waals surface area contributed by atoms with Crippen LogP contribution in [-0.2, 0) is 16.9 Å². The Hall–Kier alpha value is -3.72. The molecule has 0 bridgehead atoms. The molecular formula is C22H21N5O3S. The van der Waals surface area contributed by atoms with E-state index in [1.807, 2.05) is 25.1 Å². The van der Waals surface area contributed by atoms with Crippen LogP contribution in [0.5, 0.6) is 0 Å². The fraction of sp³-hybridized carbons (Fsp3) is 0.136. The number of rotatable bonds is 5. The van der Waals surface area contributed by atoms with E-state index in [0.29, 0.717) is 33.9 Å². The number of aryl methyl sites for hydroxylation is 1. The van der Waals surface area contributed by atoms with Gasteiger partial charge in [-0.3, -0.25) is 9.36 Å². The Morgan fingerprint density at radius 3 is 2.32 bits per heavy atom. The average molecular weight is 436 g/mol.